The highest BCUT2D eigenvalue weighted by atomic mass is 16.4. The van der Waals surface area contributed by atoms with Gasteiger partial charge in [-0.2, -0.15) is 0 Å². The van der Waals surface area contributed by atoms with Crippen LogP contribution in [0.3, 0.4) is 0 Å². The van der Waals surface area contributed by atoms with Crippen molar-refractivity contribution in [3.05, 3.63) is 34.2 Å². The second-order valence-electron chi connectivity index (χ2n) is 9.92. The molecule has 9 nitrogen and oxygen atoms in total. The van der Waals surface area contributed by atoms with Crippen LogP contribution in [0.5, 0.6) is 0 Å². The number of fused-ring (bicyclic) bond motifs is 1. The quantitative estimate of drug-likeness (QED) is 0.693. The second-order valence-corrected chi connectivity index (χ2v) is 9.92. The molecule has 1 aromatic heterocycles. The molecule has 32 heavy (non-hydrogen) atoms. The van der Waals surface area contributed by atoms with Gasteiger partial charge in [-0.1, -0.05) is 32.9 Å². The SMILES string of the molecule is Cn1c(=O)n(C2C(=O)CCNC2=O)c2cccc(C3CCN(C(=O)O)C(C(C)(C)C)C3)c21. The molecule has 2 saturated heterocycles. The van der Waals surface area contributed by atoms with Gasteiger partial charge in [0.1, 0.15) is 0 Å². The van der Waals surface area contributed by atoms with E-state index < -0.39 is 23.7 Å². The van der Waals surface area contributed by atoms with Crippen molar-refractivity contribution in [1.29, 1.82) is 0 Å². The van der Waals surface area contributed by atoms with Crippen molar-refractivity contribution in [3.8, 4) is 0 Å². The van der Waals surface area contributed by atoms with E-state index in [2.05, 4.69) is 5.32 Å². The number of carboxylic acid groups (broad SMARTS) is 1. The molecule has 3 unspecified atom stereocenters. The van der Waals surface area contributed by atoms with Crippen LogP contribution in [-0.2, 0) is 16.6 Å². The minimum atomic E-state index is -1.16. The van der Waals surface area contributed by atoms with Crippen LogP contribution in [0.4, 0.5) is 4.79 Å². The molecule has 1 aromatic carbocycles. The van der Waals surface area contributed by atoms with Crippen LogP contribution in [0, 0.1) is 5.41 Å². The molecule has 172 valence electrons. The molecular formula is C23H30N4O5. The number of para-hydroxylation sites is 1. The summed E-state index contributed by atoms with van der Waals surface area (Å²) < 4.78 is 2.82. The number of nitrogens with zero attached hydrogens (tertiary/aromatic N) is 3. The number of benzene rings is 1. The molecule has 4 rings (SSSR count). The Morgan fingerprint density at radius 1 is 1.19 bits per heavy atom. The first-order valence-electron chi connectivity index (χ1n) is 11.0. The maximum atomic E-state index is 13.2. The molecule has 0 saturated carbocycles. The number of carbonyl (C=O) groups is 3. The van der Waals surface area contributed by atoms with E-state index in [-0.39, 0.29) is 36.1 Å². The van der Waals surface area contributed by atoms with Crippen LogP contribution in [0.2, 0.25) is 0 Å². The van der Waals surface area contributed by atoms with E-state index in [0.29, 0.717) is 30.4 Å². The molecule has 0 radical (unpaired) electrons. The van der Waals surface area contributed by atoms with Crippen molar-refractivity contribution in [1.82, 2.24) is 19.4 Å². The molecule has 9 heteroatoms. The lowest BCUT2D eigenvalue weighted by Crippen LogP contribution is -2.51. The van der Waals surface area contributed by atoms with E-state index in [1.165, 1.54) is 14.0 Å². The molecule has 2 aliphatic rings. The number of likely N-dealkylation sites (tertiary alicyclic amines) is 1. The van der Waals surface area contributed by atoms with Gasteiger partial charge in [0, 0.05) is 32.6 Å². The van der Waals surface area contributed by atoms with E-state index in [1.807, 2.05) is 32.9 Å². The first-order valence-corrected chi connectivity index (χ1v) is 11.0. The number of aryl methyl sites for hydroxylation is 1. The molecule has 3 atom stereocenters. The van der Waals surface area contributed by atoms with Crippen molar-refractivity contribution in [2.24, 2.45) is 12.5 Å². The maximum absolute atomic E-state index is 13.2. The number of amides is 2. The van der Waals surface area contributed by atoms with Gasteiger partial charge >= 0.3 is 11.8 Å². The zero-order chi connectivity index (χ0) is 23.4. The first kappa shape index (κ1) is 22.1. The Morgan fingerprint density at radius 2 is 1.91 bits per heavy atom. The van der Waals surface area contributed by atoms with Crippen LogP contribution in [0.25, 0.3) is 11.0 Å². The molecule has 2 N–H and O–H groups in total. The molecule has 2 aromatic rings. The van der Waals surface area contributed by atoms with E-state index in [0.717, 1.165) is 5.56 Å². The average molecular weight is 443 g/mol. The number of nitrogens with one attached hydrogen (secondary N) is 1. The van der Waals surface area contributed by atoms with Gasteiger partial charge in [-0.25, -0.2) is 9.59 Å². The second kappa shape index (κ2) is 7.79. The number of aromatic nitrogens is 2. The zero-order valence-corrected chi connectivity index (χ0v) is 18.9. The number of hydrogen-bond donors (Lipinski definition) is 2. The number of imidazole rings is 1. The Hall–Kier alpha value is -3.10. The predicted octanol–water partition coefficient (Wildman–Crippen LogP) is 2.24. The summed E-state index contributed by atoms with van der Waals surface area (Å²) in [5.41, 5.74) is 1.56. The number of rotatable bonds is 2. The summed E-state index contributed by atoms with van der Waals surface area (Å²) >= 11 is 0. The van der Waals surface area contributed by atoms with Crippen molar-refractivity contribution < 1.29 is 19.5 Å². The number of carbonyl (C=O) groups excluding carboxylic acids is 2. The fourth-order valence-electron chi connectivity index (χ4n) is 5.30. The van der Waals surface area contributed by atoms with E-state index in [1.54, 1.807) is 13.1 Å². The zero-order valence-electron chi connectivity index (χ0n) is 18.9. The van der Waals surface area contributed by atoms with Crippen LogP contribution in [0.1, 0.15) is 57.6 Å². The lowest BCUT2D eigenvalue weighted by molar-refractivity contribution is -0.135. The van der Waals surface area contributed by atoms with Gasteiger partial charge in [-0.15, -0.1) is 0 Å². The summed E-state index contributed by atoms with van der Waals surface area (Å²) in [5.74, 6) is -0.670. The van der Waals surface area contributed by atoms with Crippen LogP contribution >= 0.6 is 0 Å². The number of Topliss-reactive ketones (excluding diaryl/α,β-unsaturated/α-hetero) is 1. The summed E-state index contributed by atoms with van der Waals surface area (Å²) in [6.07, 6.45) is 0.555. The minimum Gasteiger partial charge on any atom is -0.465 e. The number of piperidine rings is 2. The third-order valence-electron chi connectivity index (χ3n) is 6.90. The molecule has 2 amide bonds. The van der Waals surface area contributed by atoms with E-state index in [4.69, 9.17) is 0 Å². The molecule has 0 aliphatic carbocycles. The highest BCUT2D eigenvalue weighted by Gasteiger charge is 2.40. The Bertz CT molecular complexity index is 1140. The third-order valence-corrected chi connectivity index (χ3v) is 6.90. The highest BCUT2D eigenvalue weighted by Crippen LogP contribution is 2.41. The normalized spacial score (nSPS) is 24.6. The van der Waals surface area contributed by atoms with Gasteiger partial charge in [-0.05, 0) is 35.8 Å². The Kier molecular flexibility index (Phi) is 5.38. The van der Waals surface area contributed by atoms with Crippen LogP contribution in [-0.4, -0.2) is 56.1 Å². The summed E-state index contributed by atoms with van der Waals surface area (Å²) in [4.78, 5) is 51.6. The fraction of sp³-hybridized carbons (Fsp3) is 0.565. The molecule has 0 spiro atoms. The predicted molar refractivity (Wildman–Crippen MR) is 119 cm³/mol. The highest BCUT2D eigenvalue weighted by molar-refractivity contribution is 6.06. The average Bonchev–Trinajstić information content (AvgIpc) is 2.98. The molecule has 3 heterocycles. The standard InChI is InChI=1S/C23H30N4O5/c1-23(2,3)17-12-13(9-11-26(17)22(31)32)14-6-5-7-15-18(14)25(4)21(30)27(15)19-16(28)8-10-24-20(19)29/h5-7,13,17,19H,8-12H2,1-4H3,(H,24,29)(H,31,32). The molecule has 2 fully saturated rings. The van der Waals surface area contributed by atoms with Crippen LogP contribution < -0.4 is 11.0 Å². The lowest BCUT2D eigenvalue weighted by Gasteiger charge is -2.44. The van der Waals surface area contributed by atoms with E-state index >= 15 is 0 Å². The summed E-state index contributed by atoms with van der Waals surface area (Å²) in [5, 5.41) is 12.4. The minimum absolute atomic E-state index is 0.0517. The summed E-state index contributed by atoms with van der Waals surface area (Å²) in [7, 11) is 1.66. The topological polar surface area (TPSA) is 114 Å². The first-order chi connectivity index (χ1) is 15.0. The van der Waals surface area contributed by atoms with E-state index in [9.17, 15) is 24.3 Å². The number of hydrogen-bond acceptors (Lipinski definition) is 4. The van der Waals surface area contributed by atoms with Gasteiger partial charge < -0.3 is 15.3 Å². The van der Waals surface area contributed by atoms with Gasteiger partial charge in [0.05, 0.1) is 11.0 Å². The fourth-order valence-corrected chi connectivity index (χ4v) is 5.30. The monoisotopic (exact) mass is 442 g/mol. The van der Waals surface area contributed by atoms with Gasteiger partial charge in [-0.3, -0.25) is 18.7 Å². The number of ketones is 1. The summed E-state index contributed by atoms with van der Waals surface area (Å²) in [6, 6.07) is 4.25. The van der Waals surface area contributed by atoms with Crippen LogP contribution in [0.15, 0.2) is 23.0 Å². The van der Waals surface area contributed by atoms with Gasteiger partial charge in [0.2, 0.25) is 0 Å². The Morgan fingerprint density at radius 3 is 2.53 bits per heavy atom. The van der Waals surface area contributed by atoms with Crippen molar-refractivity contribution >= 4 is 28.8 Å². The third kappa shape index (κ3) is 3.49. The van der Waals surface area contributed by atoms with Gasteiger partial charge in [0.25, 0.3) is 5.91 Å². The van der Waals surface area contributed by atoms with Crippen molar-refractivity contribution in [2.75, 3.05) is 13.1 Å². The molecule has 0 bridgehead atoms. The van der Waals surface area contributed by atoms with Crippen molar-refractivity contribution in [3.63, 3.8) is 0 Å². The molecular weight excluding hydrogens is 412 g/mol. The van der Waals surface area contributed by atoms with Crippen molar-refractivity contribution in [2.45, 2.75) is 58.0 Å². The smallest absolute Gasteiger partial charge is 0.407 e. The van der Waals surface area contributed by atoms with Gasteiger partial charge in [0.15, 0.2) is 11.8 Å². The molecule has 2 aliphatic heterocycles. The summed E-state index contributed by atoms with van der Waals surface area (Å²) in [6.45, 7) is 6.81. The Balaban J connectivity index is 1.82. The maximum Gasteiger partial charge on any atom is 0.407 e. The lowest BCUT2D eigenvalue weighted by atomic mass is 9.75. The Labute approximate surface area is 186 Å². The largest absolute Gasteiger partial charge is 0.465 e.